The van der Waals surface area contributed by atoms with Crippen molar-refractivity contribution in [1.29, 1.82) is 0 Å². The van der Waals surface area contributed by atoms with Gasteiger partial charge in [-0.15, -0.1) is 0 Å². The van der Waals surface area contributed by atoms with E-state index in [9.17, 15) is 9.59 Å². The fourth-order valence-electron chi connectivity index (χ4n) is 2.15. The summed E-state index contributed by atoms with van der Waals surface area (Å²) in [6.07, 6.45) is 6.00. The Balaban J connectivity index is 0.00000264. The fourth-order valence-corrected chi connectivity index (χ4v) is 2.15. The van der Waals surface area contributed by atoms with E-state index in [-0.39, 0.29) is 28.5 Å². The van der Waals surface area contributed by atoms with E-state index in [4.69, 9.17) is 5.11 Å². The van der Waals surface area contributed by atoms with Gasteiger partial charge in [-0.05, 0) is 18.6 Å². The number of aromatic nitrogens is 1. The number of hydrogen-bond acceptors (Lipinski definition) is 2. The molecule has 0 saturated heterocycles. The Hall–Kier alpha value is -2.21. The van der Waals surface area contributed by atoms with Gasteiger partial charge in [0.25, 0.3) is 0 Å². The van der Waals surface area contributed by atoms with Crippen molar-refractivity contribution in [2.75, 3.05) is 5.32 Å². The normalized spacial score (nSPS) is 9.74. The van der Waals surface area contributed by atoms with Crippen molar-refractivity contribution >= 4 is 17.6 Å². The molecule has 0 fully saturated rings. The zero-order valence-electron chi connectivity index (χ0n) is 12.6. The van der Waals surface area contributed by atoms with Gasteiger partial charge >= 0.3 is 5.97 Å². The molecule has 0 radical (unpaired) electrons. The number of para-hydroxylation sites is 1. The van der Waals surface area contributed by atoms with Crippen LogP contribution < -0.4 is 26.9 Å². The Morgan fingerprint density at radius 3 is 2.39 bits per heavy atom. The molecule has 1 aromatic carbocycles. The van der Waals surface area contributed by atoms with Crippen LogP contribution in [-0.4, -0.2) is 17.0 Å². The van der Waals surface area contributed by atoms with Crippen molar-refractivity contribution in [3.63, 3.8) is 0 Å². The van der Waals surface area contributed by atoms with Crippen molar-refractivity contribution in [3.05, 3.63) is 60.4 Å². The molecule has 1 heterocycles. The minimum absolute atomic E-state index is 0. The zero-order valence-corrected chi connectivity index (χ0v) is 14.2. The molecule has 122 valence electrons. The summed E-state index contributed by atoms with van der Waals surface area (Å²) in [6, 6.07) is 12.3. The number of halogens is 1. The molecule has 1 aromatic heterocycles. The van der Waals surface area contributed by atoms with E-state index in [2.05, 4.69) is 9.88 Å². The van der Waals surface area contributed by atoms with Crippen LogP contribution in [0.2, 0.25) is 0 Å². The minimum atomic E-state index is -1.05. The van der Waals surface area contributed by atoms with Crippen LogP contribution >= 0.6 is 0 Å². The third-order valence-electron chi connectivity index (χ3n) is 3.28. The van der Waals surface area contributed by atoms with E-state index < -0.39 is 5.97 Å². The van der Waals surface area contributed by atoms with Gasteiger partial charge in [0.1, 0.15) is 6.54 Å². The van der Waals surface area contributed by atoms with Gasteiger partial charge in [0, 0.05) is 25.0 Å². The monoisotopic (exact) mass is 378 g/mol. The van der Waals surface area contributed by atoms with Crippen molar-refractivity contribution < 1.29 is 36.2 Å². The molecular weight excluding hydrogens is 360 g/mol. The van der Waals surface area contributed by atoms with Gasteiger partial charge in [-0.3, -0.25) is 4.79 Å². The van der Waals surface area contributed by atoms with Crippen LogP contribution in [0.1, 0.15) is 29.6 Å². The predicted molar refractivity (Wildman–Crippen MR) is 82.5 cm³/mol. The highest BCUT2D eigenvalue weighted by molar-refractivity contribution is 6.00. The summed E-state index contributed by atoms with van der Waals surface area (Å²) >= 11 is 0. The molecule has 2 rings (SSSR count). The van der Waals surface area contributed by atoms with Gasteiger partial charge in [-0.25, -0.2) is 9.36 Å². The quantitative estimate of drug-likeness (QED) is 0.503. The van der Waals surface area contributed by atoms with E-state index in [1.54, 1.807) is 18.2 Å². The number of amides is 1. The summed E-state index contributed by atoms with van der Waals surface area (Å²) in [5.74, 6) is -1.21. The maximum atomic E-state index is 11.9. The number of nitrogens with zero attached hydrogens (tertiary/aromatic N) is 1. The maximum Gasteiger partial charge on any atom is 0.337 e. The SMILES string of the molecule is O=C(CCCC[n+]1ccccc1)Nc1ccccc1C(=O)O.[Br-]. The van der Waals surface area contributed by atoms with E-state index in [0.29, 0.717) is 12.1 Å². The first-order valence-electron chi connectivity index (χ1n) is 7.23. The highest BCUT2D eigenvalue weighted by atomic mass is 79.9. The predicted octanol–water partition coefficient (Wildman–Crippen LogP) is -0.515. The summed E-state index contributed by atoms with van der Waals surface area (Å²) < 4.78 is 2.07. The Morgan fingerprint density at radius 2 is 1.70 bits per heavy atom. The third kappa shape index (κ3) is 6.20. The lowest BCUT2D eigenvalue weighted by Crippen LogP contribution is -3.00. The fraction of sp³-hybridized carbons (Fsp3) is 0.235. The second-order valence-corrected chi connectivity index (χ2v) is 4.97. The molecule has 0 atom stereocenters. The molecule has 0 aliphatic rings. The summed E-state index contributed by atoms with van der Waals surface area (Å²) in [4.78, 5) is 23.0. The number of carbonyl (C=O) groups is 2. The average Bonchev–Trinajstić information content (AvgIpc) is 2.53. The van der Waals surface area contributed by atoms with Crippen LogP contribution in [0.5, 0.6) is 0 Å². The molecule has 0 unspecified atom stereocenters. The lowest BCUT2D eigenvalue weighted by molar-refractivity contribution is -0.697. The number of carboxylic acids is 1. The molecule has 0 aliphatic heterocycles. The smallest absolute Gasteiger partial charge is 0.337 e. The Labute approximate surface area is 145 Å². The minimum Gasteiger partial charge on any atom is -1.00 e. The molecule has 0 aliphatic carbocycles. The van der Waals surface area contributed by atoms with Gasteiger partial charge in [0.15, 0.2) is 12.4 Å². The Kier molecular flexibility index (Phi) is 7.97. The van der Waals surface area contributed by atoms with Crippen molar-refractivity contribution in [3.8, 4) is 0 Å². The summed E-state index contributed by atoms with van der Waals surface area (Å²) in [5.41, 5.74) is 0.452. The highest BCUT2D eigenvalue weighted by Crippen LogP contribution is 2.15. The van der Waals surface area contributed by atoms with Crippen LogP contribution in [0.25, 0.3) is 0 Å². The lowest BCUT2D eigenvalue weighted by atomic mass is 10.1. The van der Waals surface area contributed by atoms with Crippen LogP contribution in [0.15, 0.2) is 54.9 Å². The standard InChI is InChI=1S/C17H18N2O3.BrH/c20-16(10-4-7-13-19-11-5-1-6-12-19)18-15-9-3-2-8-14(15)17(21)22;/h1-3,5-6,8-9,11-12H,4,7,10,13H2,(H-,18,20,21,22);1H. The number of anilines is 1. The third-order valence-corrected chi connectivity index (χ3v) is 3.28. The second-order valence-electron chi connectivity index (χ2n) is 4.97. The largest absolute Gasteiger partial charge is 1.00 e. The van der Waals surface area contributed by atoms with Crippen molar-refractivity contribution in [2.24, 2.45) is 0 Å². The van der Waals surface area contributed by atoms with Crippen LogP contribution in [0.4, 0.5) is 5.69 Å². The van der Waals surface area contributed by atoms with Gasteiger partial charge in [0.2, 0.25) is 5.91 Å². The number of aryl methyl sites for hydroxylation is 1. The summed E-state index contributed by atoms with van der Waals surface area (Å²) in [6.45, 7) is 0.861. The molecule has 5 nitrogen and oxygen atoms in total. The zero-order chi connectivity index (χ0) is 15.8. The van der Waals surface area contributed by atoms with Gasteiger partial charge < -0.3 is 27.4 Å². The molecule has 6 heteroatoms. The number of nitrogens with one attached hydrogen (secondary N) is 1. The number of hydrogen-bond donors (Lipinski definition) is 2. The maximum absolute atomic E-state index is 11.9. The van der Waals surface area contributed by atoms with E-state index in [1.165, 1.54) is 6.07 Å². The first-order valence-corrected chi connectivity index (χ1v) is 7.23. The second kappa shape index (κ2) is 9.74. The first-order chi connectivity index (χ1) is 10.7. The lowest BCUT2D eigenvalue weighted by Gasteiger charge is -2.07. The first kappa shape index (κ1) is 18.8. The van der Waals surface area contributed by atoms with Gasteiger partial charge in [-0.1, -0.05) is 18.2 Å². The number of pyridine rings is 1. The van der Waals surface area contributed by atoms with Gasteiger partial charge in [0.05, 0.1) is 11.3 Å². The Bertz CT molecular complexity index is 647. The number of carbonyl (C=O) groups excluding carboxylic acids is 1. The van der Waals surface area contributed by atoms with Crippen LogP contribution in [0, 0.1) is 0 Å². The van der Waals surface area contributed by atoms with E-state index >= 15 is 0 Å². The van der Waals surface area contributed by atoms with Crippen molar-refractivity contribution in [1.82, 2.24) is 0 Å². The molecule has 0 bridgehead atoms. The molecule has 2 aromatic rings. The molecule has 0 saturated carbocycles. The number of aromatic carboxylic acids is 1. The number of rotatable bonds is 7. The Morgan fingerprint density at radius 1 is 1.00 bits per heavy atom. The summed E-state index contributed by atoms with van der Waals surface area (Å²) in [5, 5.41) is 11.7. The number of carboxylic acid groups (broad SMARTS) is 1. The number of benzene rings is 1. The van der Waals surface area contributed by atoms with Crippen molar-refractivity contribution in [2.45, 2.75) is 25.8 Å². The molecule has 1 amide bonds. The molecule has 2 N–H and O–H groups in total. The van der Waals surface area contributed by atoms with E-state index in [1.807, 2.05) is 30.6 Å². The topological polar surface area (TPSA) is 70.3 Å². The molecule has 23 heavy (non-hydrogen) atoms. The van der Waals surface area contributed by atoms with E-state index in [0.717, 1.165) is 19.4 Å². The summed E-state index contributed by atoms with van der Waals surface area (Å²) in [7, 11) is 0. The van der Waals surface area contributed by atoms with Crippen LogP contribution in [-0.2, 0) is 11.3 Å². The average molecular weight is 379 g/mol. The molecule has 0 spiro atoms. The molecular formula is C17H19BrN2O3. The number of unbranched alkanes of at least 4 members (excludes halogenated alkanes) is 1. The van der Waals surface area contributed by atoms with Crippen LogP contribution in [0.3, 0.4) is 0 Å². The van der Waals surface area contributed by atoms with Gasteiger partial charge in [-0.2, -0.15) is 0 Å². The highest BCUT2D eigenvalue weighted by Gasteiger charge is 2.11.